The highest BCUT2D eigenvalue weighted by Crippen LogP contribution is 2.55. The maximum Gasteiger partial charge on any atom is 0.323 e. The zero-order valence-electron chi connectivity index (χ0n) is 26.0. The van der Waals surface area contributed by atoms with E-state index in [0.29, 0.717) is 42.5 Å². The first-order valence-electron chi connectivity index (χ1n) is 15.0. The molecular weight excluding hydrogens is 552 g/mol. The summed E-state index contributed by atoms with van der Waals surface area (Å²) in [6.45, 7) is 5.09. The van der Waals surface area contributed by atoms with E-state index in [-0.39, 0.29) is 26.1 Å². The average molecular weight is 595 g/mol. The molecule has 0 saturated heterocycles. The molecule has 1 saturated carbocycles. The number of benzene rings is 2. The number of nitrogens with zero attached hydrogens (tertiary/aromatic N) is 1. The first kappa shape index (κ1) is 30.7. The van der Waals surface area contributed by atoms with Crippen molar-refractivity contribution in [2.24, 2.45) is 16.3 Å². The SMILES string of the molecule is CCOC(=O)C1(C(=O)OCC)CC[C@@]2(NCCc3cc(OC)c(OC)cc32)[C@H](C2=NCCc3cc(OC)c(OC)cc32)C1. The molecule has 0 aromatic heterocycles. The van der Waals surface area contributed by atoms with Crippen molar-refractivity contribution in [3.63, 3.8) is 0 Å². The van der Waals surface area contributed by atoms with Gasteiger partial charge in [-0.1, -0.05) is 0 Å². The van der Waals surface area contributed by atoms with Crippen LogP contribution in [-0.4, -0.2) is 72.4 Å². The highest BCUT2D eigenvalue weighted by atomic mass is 16.6. The third-order valence-corrected chi connectivity index (χ3v) is 9.23. The van der Waals surface area contributed by atoms with Gasteiger partial charge in [-0.3, -0.25) is 14.6 Å². The lowest BCUT2D eigenvalue weighted by atomic mass is 9.56. The topological polar surface area (TPSA) is 114 Å². The van der Waals surface area contributed by atoms with Crippen molar-refractivity contribution in [3.8, 4) is 23.0 Å². The van der Waals surface area contributed by atoms with Crippen LogP contribution >= 0.6 is 0 Å². The summed E-state index contributed by atoms with van der Waals surface area (Å²) in [5.74, 6) is 1.01. The first-order chi connectivity index (χ1) is 20.8. The molecule has 232 valence electrons. The number of rotatable bonds is 9. The van der Waals surface area contributed by atoms with Crippen molar-refractivity contribution >= 4 is 17.7 Å². The zero-order valence-corrected chi connectivity index (χ0v) is 26.0. The van der Waals surface area contributed by atoms with Crippen molar-refractivity contribution in [3.05, 3.63) is 46.5 Å². The van der Waals surface area contributed by atoms with Gasteiger partial charge in [-0.15, -0.1) is 0 Å². The molecule has 43 heavy (non-hydrogen) atoms. The van der Waals surface area contributed by atoms with Crippen molar-refractivity contribution < 1.29 is 38.0 Å². The van der Waals surface area contributed by atoms with E-state index in [0.717, 1.165) is 40.8 Å². The van der Waals surface area contributed by atoms with Crippen LogP contribution in [-0.2, 0) is 37.4 Å². The number of aliphatic imine (C=N–C) groups is 1. The molecule has 10 heteroatoms. The van der Waals surface area contributed by atoms with Gasteiger partial charge in [0.2, 0.25) is 0 Å². The number of carbonyl (C=O) groups is 2. The average Bonchev–Trinajstić information content (AvgIpc) is 3.03. The molecule has 1 N–H and O–H groups in total. The normalized spacial score (nSPS) is 22.0. The quantitative estimate of drug-likeness (QED) is 0.340. The third-order valence-electron chi connectivity index (χ3n) is 9.23. The van der Waals surface area contributed by atoms with Crippen LogP contribution in [0, 0.1) is 11.3 Å². The van der Waals surface area contributed by atoms with Gasteiger partial charge < -0.3 is 33.7 Å². The number of nitrogens with one attached hydrogen (secondary N) is 1. The number of carbonyl (C=O) groups excluding carboxylic acids is 2. The number of esters is 2. The lowest BCUT2D eigenvalue weighted by molar-refractivity contribution is -0.177. The van der Waals surface area contributed by atoms with Gasteiger partial charge in [-0.25, -0.2) is 0 Å². The molecule has 0 radical (unpaired) electrons. The smallest absolute Gasteiger partial charge is 0.323 e. The Hall–Kier alpha value is -3.79. The molecule has 2 aromatic rings. The van der Waals surface area contributed by atoms with Gasteiger partial charge in [-0.05, 0) is 86.9 Å². The predicted octanol–water partition coefficient (Wildman–Crippen LogP) is 4.02. The van der Waals surface area contributed by atoms with Gasteiger partial charge >= 0.3 is 11.9 Å². The molecular formula is C33H42N2O8. The Morgan fingerprint density at radius 3 is 2.00 bits per heavy atom. The molecule has 0 amide bonds. The summed E-state index contributed by atoms with van der Waals surface area (Å²) in [5, 5.41) is 3.85. The molecule has 1 aliphatic carbocycles. The molecule has 2 heterocycles. The van der Waals surface area contributed by atoms with E-state index in [9.17, 15) is 9.59 Å². The minimum Gasteiger partial charge on any atom is -0.493 e. The number of fused-ring (bicyclic) bond motifs is 3. The van der Waals surface area contributed by atoms with Crippen molar-refractivity contribution in [1.82, 2.24) is 5.32 Å². The molecule has 0 unspecified atom stereocenters. The zero-order chi connectivity index (χ0) is 30.8. The Kier molecular flexibility index (Phi) is 8.87. The molecule has 2 atom stereocenters. The molecule has 0 bridgehead atoms. The van der Waals surface area contributed by atoms with E-state index >= 15 is 0 Å². The Morgan fingerprint density at radius 1 is 0.814 bits per heavy atom. The van der Waals surface area contributed by atoms with Crippen molar-refractivity contribution in [1.29, 1.82) is 0 Å². The van der Waals surface area contributed by atoms with E-state index in [2.05, 4.69) is 5.32 Å². The maximum atomic E-state index is 13.7. The second-order valence-corrected chi connectivity index (χ2v) is 11.2. The molecule has 2 aliphatic heterocycles. The minimum atomic E-state index is -1.48. The number of hydrogen-bond donors (Lipinski definition) is 1. The molecule has 10 nitrogen and oxygen atoms in total. The number of methoxy groups -OCH3 is 4. The molecule has 1 spiro atoms. The van der Waals surface area contributed by atoms with Crippen molar-refractivity contribution in [2.45, 2.75) is 51.5 Å². The lowest BCUT2D eigenvalue weighted by Crippen LogP contribution is -2.61. The first-order valence-corrected chi connectivity index (χ1v) is 15.0. The van der Waals surface area contributed by atoms with E-state index in [1.54, 1.807) is 42.3 Å². The van der Waals surface area contributed by atoms with E-state index in [1.165, 1.54) is 0 Å². The van der Waals surface area contributed by atoms with Crippen LogP contribution in [0.1, 0.15) is 55.4 Å². The maximum absolute atomic E-state index is 13.7. The number of ether oxygens (including phenoxy) is 6. The fourth-order valence-electron chi connectivity index (χ4n) is 7.17. The van der Waals surface area contributed by atoms with Gasteiger partial charge in [0.15, 0.2) is 28.4 Å². The second-order valence-electron chi connectivity index (χ2n) is 11.2. The highest BCUT2D eigenvalue weighted by Gasteiger charge is 2.61. The summed E-state index contributed by atoms with van der Waals surface area (Å²) in [4.78, 5) is 32.6. The molecule has 2 aromatic carbocycles. The predicted molar refractivity (Wildman–Crippen MR) is 161 cm³/mol. The van der Waals surface area contributed by atoms with Crippen LogP contribution < -0.4 is 24.3 Å². The Bertz CT molecular complexity index is 1400. The van der Waals surface area contributed by atoms with Crippen LogP contribution in [0.4, 0.5) is 0 Å². The van der Waals surface area contributed by atoms with Crippen molar-refractivity contribution in [2.75, 3.05) is 54.7 Å². The Morgan fingerprint density at radius 2 is 1.40 bits per heavy atom. The second kappa shape index (κ2) is 12.4. The largest absolute Gasteiger partial charge is 0.493 e. The van der Waals surface area contributed by atoms with E-state index in [1.807, 2.05) is 24.3 Å². The summed E-state index contributed by atoms with van der Waals surface area (Å²) in [6, 6.07) is 8.03. The van der Waals surface area contributed by atoms with Crippen LogP contribution in [0.3, 0.4) is 0 Å². The van der Waals surface area contributed by atoms with Crippen LogP contribution in [0.2, 0.25) is 0 Å². The van der Waals surface area contributed by atoms with E-state index < -0.39 is 28.8 Å². The third kappa shape index (κ3) is 5.09. The molecule has 3 aliphatic rings. The van der Waals surface area contributed by atoms with Gasteiger partial charge in [0, 0.05) is 30.3 Å². The fourth-order valence-corrected chi connectivity index (χ4v) is 7.17. The van der Waals surface area contributed by atoms with Gasteiger partial charge in [0.05, 0.1) is 47.2 Å². The lowest BCUT2D eigenvalue weighted by Gasteiger charge is -2.53. The Balaban J connectivity index is 1.75. The van der Waals surface area contributed by atoms with Gasteiger partial charge in [0.25, 0.3) is 0 Å². The van der Waals surface area contributed by atoms with Crippen LogP contribution in [0.5, 0.6) is 23.0 Å². The fraction of sp³-hybridized carbons (Fsp3) is 0.545. The van der Waals surface area contributed by atoms with E-state index in [4.69, 9.17) is 33.4 Å². The standard InChI is InChI=1S/C33H42N2O8/c1-7-42-30(36)32(31(37)43-8-2)11-12-33(23-18-28(41-6)26(39-4)16-21(23)10-14-35-33)24(19-32)29-22-17-27(40-5)25(38-3)15-20(22)9-13-34-29/h15-18,24,35H,7-14,19H2,1-6H3/t24-,33-/m0/s1. The highest BCUT2D eigenvalue weighted by molar-refractivity contribution is 6.08. The van der Waals surface area contributed by atoms with Crippen LogP contribution in [0.25, 0.3) is 0 Å². The molecule has 1 fully saturated rings. The van der Waals surface area contributed by atoms with Crippen LogP contribution in [0.15, 0.2) is 29.3 Å². The summed E-state index contributed by atoms with van der Waals surface area (Å²) in [5.41, 5.74) is 2.86. The molecule has 5 rings (SSSR count). The summed E-state index contributed by atoms with van der Waals surface area (Å²) in [7, 11) is 6.49. The summed E-state index contributed by atoms with van der Waals surface area (Å²) >= 11 is 0. The number of hydrogen-bond acceptors (Lipinski definition) is 10. The monoisotopic (exact) mass is 594 g/mol. The summed E-state index contributed by atoms with van der Waals surface area (Å²) in [6.07, 6.45) is 2.42. The van der Waals surface area contributed by atoms with Gasteiger partial charge in [0.1, 0.15) is 0 Å². The minimum absolute atomic E-state index is 0.161. The summed E-state index contributed by atoms with van der Waals surface area (Å²) < 4.78 is 33.8. The Labute approximate surface area is 253 Å². The van der Waals surface area contributed by atoms with Gasteiger partial charge in [-0.2, -0.15) is 0 Å².